The van der Waals surface area contributed by atoms with Crippen molar-refractivity contribution in [2.45, 2.75) is 39.0 Å². The van der Waals surface area contributed by atoms with Gasteiger partial charge in [-0.25, -0.2) is 9.97 Å². The highest BCUT2D eigenvalue weighted by Crippen LogP contribution is 2.28. The second-order valence-electron chi connectivity index (χ2n) is 8.06. The number of rotatable bonds is 4. The SMILES string of the molecule is CC(=O)N1CCN(C(=O)C2CCCC2)CC(Cc2cc(N(C)C)ncn2)C1. The first-order chi connectivity index (χ1) is 12.9. The Bertz CT molecular complexity index is 672. The third kappa shape index (κ3) is 4.96. The normalized spacial score (nSPS) is 21.2. The first kappa shape index (κ1) is 19.6. The molecule has 27 heavy (non-hydrogen) atoms. The Hall–Kier alpha value is -2.18. The molecule has 0 spiro atoms. The van der Waals surface area contributed by atoms with Crippen LogP contribution in [0.5, 0.6) is 0 Å². The van der Waals surface area contributed by atoms with Gasteiger partial charge in [-0.3, -0.25) is 9.59 Å². The van der Waals surface area contributed by atoms with Crippen molar-refractivity contribution in [3.8, 4) is 0 Å². The number of nitrogens with zero attached hydrogens (tertiary/aromatic N) is 5. The topological polar surface area (TPSA) is 69.6 Å². The molecule has 2 aliphatic rings. The largest absolute Gasteiger partial charge is 0.363 e. The lowest BCUT2D eigenvalue weighted by atomic mass is 10.0. The summed E-state index contributed by atoms with van der Waals surface area (Å²) in [5.74, 6) is 1.59. The fourth-order valence-corrected chi connectivity index (χ4v) is 4.19. The van der Waals surface area contributed by atoms with Gasteiger partial charge in [0.15, 0.2) is 0 Å². The zero-order valence-electron chi connectivity index (χ0n) is 16.7. The molecule has 0 bridgehead atoms. The first-order valence-electron chi connectivity index (χ1n) is 9.96. The van der Waals surface area contributed by atoms with Gasteiger partial charge in [0.2, 0.25) is 11.8 Å². The average molecular weight is 374 g/mol. The van der Waals surface area contributed by atoms with Crippen LogP contribution in [0.1, 0.15) is 38.3 Å². The number of carbonyl (C=O) groups is 2. The van der Waals surface area contributed by atoms with Crippen molar-refractivity contribution in [1.82, 2.24) is 19.8 Å². The highest BCUT2D eigenvalue weighted by Gasteiger charge is 2.32. The van der Waals surface area contributed by atoms with E-state index in [-0.39, 0.29) is 23.7 Å². The second-order valence-corrected chi connectivity index (χ2v) is 8.06. The van der Waals surface area contributed by atoms with Crippen molar-refractivity contribution in [3.63, 3.8) is 0 Å². The van der Waals surface area contributed by atoms with E-state index in [4.69, 9.17) is 0 Å². The Morgan fingerprint density at radius 2 is 1.78 bits per heavy atom. The molecule has 2 fully saturated rings. The molecule has 0 radical (unpaired) electrons. The van der Waals surface area contributed by atoms with E-state index in [1.165, 1.54) is 0 Å². The van der Waals surface area contributed by atoms with Gasteiger partial charge in [-0.15, -0.1) is 0 Å². The van der Waals surface area contributed by atoms with E-state index in [0.29, 0.717) is 26.2 Å². The number of hydrogen-bond donors (Lipinski definition) is 0. The minimum absolute atomic E-state index is 0.0758. The van der Waals surface area contributed by atoms with Gasteiger partial charge in [0.05, 0.1) is 0 Å². The molecule has 1 atom stereocenters. The van der Waals surface area contributed by atoms with Gasteiger partial charge in [0, 0.05) is 64.9 Å². The van der Waals surface area contributed by atoms with Crippen LogP contribution in [0.2, 0.25) is 0 Å². The van der Waals surface area contributed by atoms with Crippen molar-refractivity contribution < 1.29 is 9.59 Å². The van der Waals surface area contributed by atoms with Crippen LogP contribution in [0.4, 0.5) is 5.82 Å². The summed E-state index contributed by atoms with van der Waals surface area (Å²) in [6, 6.07) is 1.99. The summed E-state index contributed by atoms with van der Waals surface area (Å²) in [5, 5.41) is 0. The molecule has 1 aliphatic heterocycles. The molecular weight excluding hydrogens is 342 g/mol. The number of aromatic nitrogens is 2. The number of carbonyl (C=O) groups excluding carboxylic acids is 2. The van der Waals surface area contributed by atoms with Crippen LogP contribution in [0, 0.1) is 11.8 Å². The highest BCUT2D eigenvalue weighted by molar-refractivity contribution is 5.79. The summed E-state index contributed by atoms with van der Waals surface area (Å²) in [6.45, 7) is 4.24. The molecule has 1 saturated carbocycles. The van der Waals surface area contributed by atoms with E-state index in [0.717, 1.165) is 43.6 Å². The van der Waals surface area contributed by atoms with Crippen molar-refractivity contribution in [3.05, 3.63) is 18.1 Å². The molecule has 2 amide bonds. The van der Waals surface area contributed by atoms with Crippen LogP contribution in [-0.4, -0.2) is 71.9 Å². The van der Waals surface area contributed by atoms with Crippen molar-refractivity contribution in [1.29, 1.82) is 0 Å². The number of anilines is 1. The zero-order chi connectivity index (χ0) is 19.4. The monoisotopic (exact) mass is 373 g/mol. The Morgan fingerprint density at radius 1 is 1.11 bits per heavy atom. The molecular formula is C20H31N5O2. The molecule has 7 nitrogen and oxygen atoms in total. The molecule has 3 rings (SSSR count). The predicted molar refractivity (Wildman–Crippen MR) is 104 cm³/mol. The molecule has 0 N–H and O–H groups in total. The quantitative estimate of drug-likeness (QED) is 0.801. The first-order valence-corrected chi connectivity index (χ1v) is 9.96. The van der Waals surface area contributed by atoms with Gasteiger partial charge in [0.1, 0.15) is 12.1 Å². The summed E-state index contributed by atoms with van der Waals surface area (Å²) in [6.07, 6.45) is 6.65. The minimum atomic E-state index is 0.0758. The van der Waals surface area contributed by atoms with Gasteiger partial charge < -0.3 is 14.7 Å². The Balaban J connectivity index is 1.74. The molecule has 1 aliphatic carbocycles. The Labute approximate surface area is 161 Å². The average Bonchev–Trinajstić information content (AvgIpc) is 3.09. The molecule has 7 heteroatoms. The lowest BCUT2D eigenvalue weighted by molar-refractivity contribution is -0.136. The molecule has 1 aromatic rings. The highest BCUT2D eigenvalue weighted by atomic mass is 16.2. The molecule has 1 unspecified atom stereocenters. The second kappa shape index (κ2) is 8.67. The van der Waals surface area contributed by atoms with Crippen LogP contribution in [0.3, 0.4) is 0 Å². The summed E-state index contributed by atoms with van der Waals surface area (Å²) >= 11 is 0. The van der Waals surface area contributed by atoms with Crippen molar-refractivity contribution in [2.75, 3.05) is 45.2 Å². The van der Waals surface area contributed by atoms with Crippen molar-refractivity contribution >= 4 is 17.6 Å². The maximum Gasteiger partial charge on any atom is 0.225 e. The maximum absolute atomic E-state index is 13.0. The molecule has 1 saturated heterocycles. The summed E-state index contributed by atoms with van der Waals surface area (Å²) in [7, 11) is 3.91. The van der Waals surface area contributed by atoms with Crippen LogP contribution >= 0.6 is 0 Å². The zero-order valence-corrected chi connectivity index (χ0v) is 16.7. The van der Waals surface area contributed by atoms with E-state index in [9.17, 15) is 9.59 Å². The summed E-state index contributed by atoms with van der Waals surface area (Å²) < 4.78 is 0. The standard InChI is InChI=1S/C20H31N5O2/c1-15(26)24-8-9-25(20(27)17-6-4-5-7-17)13-16(12-24)10-18-11-19(23(2)3)22-14-21-18/h11,14,16-17H,4-10,12-13H2,1-3H3. The summed E-state index contributed by atoms with van der Waals surface area (Å²) in [5.41, 5.74) is 0.956. The lowest BCUT2D eigenvalue weighted by Crippen LogP contribution is -2.39. The van der Waals surface area contributed by atoms with Gasteiger partial charge in [-0.2, -0.15) is 0 Å². The van der Waals surface area contributed by atoms with Crippen LogP contribution in [0.15, 0.2) is 12.4 Å². The Kier molecular flexibility index (Phi) is 6.29. The lowest BCUT2D eigenvalue weighted by Gasteiger charge is -2.26. The van der Waals surface area contributed by atoms with E-state index >= 15 is 0 Å². The Morgan fingerprint density at radius 3 is 2.44 bits per heavy atom. The predicted octanol–water partition coefficient (Wildman–Crippen LogP) is 1.58. The van der Waals surface area contributed by atoms with Gasteiger partial charge in [-0.05, 0) is 25.2 Å². The molecule has 1 aromatic heterocycles. The maximum atomic E-state index is 13.0. The number of amides is 2. The van der Waals surface area contributed by atoms with Crippen LogP contribution < -0.4 is 4.90 Å². The van der Waals surface area contributed by atoms with Crippen LogP contribution in [0.25, 0.3) is 0 Å². The van der Waals surface area contributed by atoms with E-state index in [1.54, 1.807) is 13.3 Å². The van der Waals surface area contributed by atoms with Gasteiger partial charge >= 0.3 is 0 Å². The third-order valence-corrected chi connectivity index (χ3v) is 5.72. The summed E-state index contributed by atoms with van der Waals surface area (Å²) in [4.78, 5) is 39.5. The molecule has 148 valence electrons. The van der Waals surface area contributed by atoms with Gasteiger partial charge in [-0.1, -0.05) is 12.8 Å². The molecule has 2 heterocycles. The fraction of sp³-hybridized carbons (Fsp3) is 0.700. The van der Waals surface area contributed by atoms with E-state index < -0.39 is 0 Å². The fourth-order valence-electron chi connectivity index (χ4n) is 4.19. The van der Waals surface area contributed by atoms with Crippen molar-refractivity contribution in [2.24, 2.45) is 11.8 Å². The third-order valence-electron chi connectivity index (χ3n) is 5.72. The number of hydrogen-bond acceptors (Lipinski definition) is 5. The van der Waals surface area contributed by atoms with Gasteiger partial charge in [0.25, 0.3) is 0 Å². The smallest absolute Gasteiger partial charge is 0.225 e. The molecule has 0 aromatic carbocycles. The van der Waals surface area contributed by atoms with Crippen LogP contribution in [-0.2, 0) is 16.0 Å². The van der Waals surface area contributed by atoms with E-state index in [2.05, 4.69) is 9.97 Å². The minimum Gasteiger partial charge on any atom is -0.363 e. The van der Waals surface area contributed by atoms with E-state index in [1.807, 2.05) is 34.9 Å².